The largest absolute Gasteiger partial charge is 0.310 e. The van der Waals surface area contributed by atoms with E-state index in [0.29, 0.717) is 0 Å². The fraction of sp³-hybridized carbons (Fsp3) is 0.353. The second-order valence-corrected chi connectivity index (χ2v) is 5.54. The van der Waals surface area contributed by atoms with Gasteiger partial charge in [0, 0.05) is 30.5 Å². The van der Waals surface area contributed by atoms with Gasteiger partial charge >= 0.3 is 0 Å². The van der Waals surface area contributed by atoms with E-state index < -0.39 is 0 Å². The Kier molecular flexibility index (Phi) is 3.34. The molecule has 1 heterocycles. The molecule has 0 unspecified atom stereocenters. The topological polar surface area (TPSA) is 24.9 Å². The summed E-state index contributed by atoms with van der Waals surface area (Å²) in [5.41, 5.74) is 6.40. The van der Waals surface area contributed by atoms with E-state index in [4.69, 9.17) is 0 Å². The molecule has 1 saturated carbocycles. The third kappa shape index (κ3) is 3.02. The Balaban J connectivity index is 1.82. The molecule has 19 heavy (non-hydrogen) atoms. The lowest BCUT2D eigenvalue weighted by Gasteiger charge is -2.08. The van der Waals surface area contributed by atoms with Crippen LogP contribution in [0.25, 0.3) is 11.1 Å². The fourth-order valence-electron chi connectivity index (χ4n) is 2.21. The third-order valence-electron chi connectivity index (χ3n) is 3.81. The van der Waals surface area contributed by atoms with E-state index in [2.05, 4.69) is 48.4 Å². The fourth-order valence-corrected chi connectivity index (χ4v) is 2.21. The van der Waals surface area contributed by atoms with Crippen molar-refractivity contribution in [1.82, 2.24) is 10.3 Å². The van der Waals surface area contributed by atoms with Gasteiger partial charge in [0.1, 0.15) is 0 Å². The molecule has 98 valence electrons. The summed E-state index contributed by atoms with van der Waals surface area (Å²) in [5, 5.41) is 3.53. The van der Waals surface area contributed by atoms with Crippen LogP contribution in [-0.2, 0) is 6.54 Å². The summed E-state index contributed by atoms with van der Waals surface area (Å²) in [6.45, 7) is 5.23. The van der Waals surface area contributed by atoms with Gasteiger partial charge in [0.2, 0.25) is 0 Å². The molecular formula is C17H20N2. The van der Waals surface area contributed by atoms with Gasteiger partial charge in [-0.15, -0.1) is 0 Å². The first kappa shape index (κ1) is 12.4. The average Bonchev–Trinajstić information content (AvgIpc) is 3.24. The van der Waals surface area contributed by atoms with Gasteiger partial charge in [-0.25, -0.2) is 0 Å². The molecule has 2 nitrogen and oxygen atoms in total. The summed E-state index contributed by atoms with van der Waals surface area (Å²) < 4.78 is 0. The molecular weight excluding hydrogens is 232 g/mol. The van der Waals surface area contributed by atoms with Crippen molar-refractivity contribution in [3.8, 4) is 11.1 Å². The summed E-state index contributed by atoms with van der Waals surface area (Å²) in [4.78, 5) is 4.37. The van der Waals surface area contributed by atoms with Gasteiger partial charge in [-0.2, -0.15) is 0 Å². The predicted octanol–water partition coefficient (Wildman–Crippen LogP) is 3.62. The monoisotopic (exact) mass is 252 g/mol. The van der Waals surface area contributed by atoms with Crippen molar-refractivity contribution in [2.75, 3.05) is 0 Å². The number of nitrogens with zero attached hydrogens (tertiary/aromatic N) is 1. The summed E-state index contributed by atoms with van der Waals surface area (Å²) in [7, 11) is 0. The van der Waals surface area contributed by atoms with Gasteiger partial charge in [0.05, 0.1) is 0 Å². The molecule has 1 aromatic carbocycles. The number of aromatic nitrogens is 1. The number of hydrogen-bond acceptors (Lipinski definition) is 2. The maximum absolute atomic E-state index is 4.37. The molecule has 0 aliphatic heterocycles. The van der Waals surface area contributed by atoms with Gasteiger partial charge in [-0.05, 0) is 55.0 Å². The predicted molar refractivity (Wildman–Crippen MR) is 79.0 cm³/mol. The molecule has 0 saturated heterocycles. The maximum Gasteiger partial charge on any atom is 0.0346 e. The van der Waals surface area contributed by atoms with E-state index >= 15 is 0 Å². The zero-order valence-electron chi connectivity index (χ0n) is 11.6. The number of rotatable bonds is 4. The zero-order chi connectivity index (χ0) is 13.2. The minimum Gasteiger partial charge on any atom is -0.310 e. The van der Waals surface area contributed by atoms with Crippen LogP contribution in [0.4, 0.5) is 0 Å². The minimum absolute atomic E-state index is 0.741. The van der Waals surface area contributed by atoms with Gasteiger partial charge < -0.3 is 5.32 Å². The Bertz CT molecular complexity index is 586. The Morgan fingerprint density at radius 2 is 1.89 bits per heavy atom. The van der Waals surface area contributed by atoms with Gasteiger partial charge in [0.25, 0.3) is 0 Å². The van der Waals surface area contributed by atoms with Crippen molar-refractivity contribution in [1.29, 1.82) is 0 Å². The lowest BCUT2D eigenvalue weighted by Crippen LogP contribution is -2.15. The molecule has 0 radical (unpaired) electrons. The summed E-state index contributed by atoms with van der Waals surface area (Å²) in [6, 6.07) is 9.58. The van der Waals surface area contributed by atoms with Crippen LogP contribution in [0.2, 0.25) is 0 Å². The standard InChI is InChI=1S/C17H20N2/c1-12-3-4-15(7-13(12)2)16-8-14(9-18-11-16)10-19-17-5-6-17/h3-4,7-9,11,17,19H,5-6,10H2,1-2H3. The molecule has 1 N–H and O–H groups in total. The lowest BCUT2D eigenvalue weighted by atomic mass is 10.0. The van der Waals surface area contributed by atoms with E-state index in [-0.39, 0.29) is 0 Å². The first-order valence-corrected chi connectivity index (χ1v) is 6.97. The molecule has 3 rings (SSSR count). The second kappa shape index (κ2) is 5.14. The number of benzene rings is 1. The molecule has 0 amide bonds. The zero-order valence-corrected chi connectivity index (χ0v) is 11.6. The Hall–Kier alpha value is -1.67. The van der Waals surface area contributed by atoms with Crippen molar-refractivity contribution in [3.05, 3.63) is 53.3 Å². The molecule has 1 aliphatic rings. The van der Waals surface area contributed by atoms with Crippen molar-refractivity contribution in [2.45, 2.75) is 39.3 Å². The summed E-state index contributed by atoms with van der Waals surface area (Å²) >= 11 is 0. The second-order valence-electron chi connectivity index (χ2n) is 5.54. The van der Waals surface area contributed by atoms with Crippen molar-refractivity contribution >= 4 is 0 Å². The van der Waals surface area contributed by atoms with E-state index in [0.717, 1.165) is 12.6 Å². The van der Waals surface area contributed by atoms with Gasteiger partial charge in [0.15, 0.2) is 0 Å². The van der Waals surface area contributed by atoms with Crippen LogP contribution in [0.1, 0.15) is 29.5 Å². The first-order chi connectivity index (χ1) is 9.22. The highest BCUT2D eigenvalue weighted by Crippen LogP contribution is 2.23. The van der Waals surface area contributed by atoms with Crippen molar-refractivity contribution in [3.63, 3.8) is 0 Å². The van der Waals surface area contributed by atoms with E-state index in [1.807, 2.05) is 12.4 Å². The quantitative estimate of drug-likeness (QED) is 0.899. The van der Waals surface area contributed by atoms with Crippen LogP contribution in [-0.4, -0.2) is 11.0 Å². The lowest BCUT2D eigenvalue weighted by molar-refractivity contribution is 0.686. The highest BCUT2D eigenvalue weighted by Gasteiger charge is 2.19. The van der Waals surface area contributed by atoms with Crippen LogP contribution in [0.5, 0.6) is 0 Å². The average molecular weight is 252 g/mol. The van der Waals surface area contributed by atoms with Crippen molar-refractivity contribution in [2.24, 2.45) is 0 Å². The van der Waals surface area contributed by atoms with E-state index in [9.17, 15) is 0 Å². The summed E-state index contributed by atoms with van der Waals surface area (Å²) in [5.74, 6) is 0. The van der Waals surface area contributed by atoms with E-state index in [1.54, 1.807) is 0 Å². The van der Waals surface area contributed by atoms with Crippen LogP contribution in [0.15, 0.2) is 36.7 Å². The van der Waals surface area contributed by atoms with E-state index in [1.165, 1.54) is 40.7 Å². The highest BCUT2D eigenvalue weighted by atomic mass is 14.9. The first-order valence-electron chi connectivity index (χ1n) is 6.97. The van der Waals surface area contributed by atoms with Crippen LogP contribution in [0, 0.1) is 13.8 Å². The molecule has 0 bridgehead atoms. The Morgan fingerprint density at radius 1 is 1.05 bits per heavy atom. The van der Waals surface area contributed by atoms with Crippen LogP contribution >= 0.6 is 0 Å². The minimum atomic E-state index is 0.741. The molecule has 1 aliphatic carbocycles. The van der Waals surface area contributed by atoms with Crippen molar-refractivity contribution < 1.29 is 0 Å². The summed E-state index contributed by atoms with van der Waals surface area (Å²) in [6.07, 6.45) is 6.55. The molecule has 0 atom stereocenters. The smallest absolute Gasteiger partial charge is 0.0346 e. The maximum atomic E-state index is 4.37. The van der Waals surface area contributed by atoms with Crippen LogP contribution in [0.3, 0.4) is 0 Å². The van der Waals surface area contributed by atoms with Gasteiger partial charge in [-0.3, -0.25) is 4.98 Å². The normalized spacial score (nSPS) is 14.6. The molecule has 2 heteroatoms. The Labute approximate surface area is 114 Å². The third-order valence-corrected chi connectivity index (χ3v) is 3.81. The van der Waals surface area contributed by atoms with Gasteiger partial charge in [-0.1, -0.05) is 18.2 Å². The number of pyridine rings is 1. The molecule has 1 fully saturated rings. The molecule has 1 aromatic heterocycles. The molecule has 0 spiro atoms. The number of hydrogen-bond donors (Lipinski definition) is 1. The SMILES string of the molecule is Cc1ccc(-c2cncc(CNC3CC3)c2)cc1C. The number of nitrogens with one attached hydrogen (secondary N) is 1. The highest BCUT2D eigenvalue weighted by molar-refractivity contribution is 5.64. The van der Waals surface area contributed by atoms with Crippen LogP contribution < -0.4 is 5.32 Å². The Morgan fingerprint density at radius 3 is 2.63 bits per heavy atom. The molecule has 2 aromatic rings. The number of aryl methyl sites for hydroxylation is 2.